The number of rotatable bonds is 9. The number of fused-ring (bicyclic) bond motifs is 1. The summed E-state index contributed by atoms with van der Waals surface area (Å²) < 4.78 is 5.97. The van der Waals surface area contributed by atoms with Crippen LogP contribution in [0.5, 0.6) is 0 Å². The molecule has 4 aliphatic rings. The van der Waals surface area contributed by atoms with Crippen LogP contribution in [-0.4, -0.2) is 96.1 Å². The fraction of sp³-hybridized carbons (Fsp3) is 0.696. The molecule has 5 rings (SSSR count). The lowest BCUT2D eigenvalue weighted by atomic mass is 9.97. The largest absolute Gasteiger partial charge is 0.387 e. The predicted molar refractivity (Wildman–Crippen MR) is 132 cm³/mol. The van der Waals surface area contributed by atoms with Crippen molar-refractivity contribution in [2.75, 3.05) is 37.5 Å². The Hall–Kier alpha value is -2.09. The fourth-order valence-electron chi connectivity index (χ4n) is 5.29. The van der Waals surface area contributed by atoms with E-state index in [1.54, 1.807) is 17.0 Å². The third-order valence-corrected chi connectivity index (χ3v) is 7.69. The van der Waals surface area contributed by atoms with Crippen molar-refractivity contribution in [2.24, 2.45) is 17.2 Å². The third-order valence-electron chi connectivity index (χ3n) is 7.69. The number of aliphatic hydroxyl groups is 2. The molecule has 1 aromatic carbocycles. The summed E-state index contributed by atoms with van der Waals surface area (Å²) in [5.41, 5.74) is 20.5. The number of nitriles is 1. The van der Waals surface area contributed by atoms with Crippen LogP contribution in [0.1, 0.15) is 24.8 Å². The molecule has 3 aliphatic heterocycles. The van der Waals surface area contributed by atoms with Crippen LogP contribution in [-0.2, 0) is 15.0 Å². The van der Waals surface area contributed by atoms with Crippen LogP contribution in [0, 0.1) is 11.3 Å². The van der Waals surface area contributed by atoms with E-state index in [4.69, 9.17) is 26.8 Å². The Kier molecular flexibility index (Phi) is 7.09. The van der Waals surface area contributed by atoms with Gasteiger partial charge in [0, 0.05) is 13.5 Å². The van der Waals surface area contributed by atoms with Crippen LogP contribution >= 0.6 is 0 Å². The molecule has 3 heterocycles. The average molecular weight is 504 g/mol. The van der Waals surface area contributed by atoms with Crippen molar-refractivity contribution in [3.63, 3.8) is 0 Å². The lowest BCUT2D eigenvalue weighted by Gasteiger charge is -2.31. The highest BCUT2D eigenvalue weighted by molar-refractivity contribution is 5.76. The van der Waals surface area contributed by atoms with E-state index in [-0.39, 0.29) is 24.2 Å². The Morgan fingerprint density at radius 1 is 1.28 bits per heavy atom. The first-order valence-corrected chi connectivity index (χ1v) is 12.4. The van der Waals surface area contributed by atoms with Gasteiger partial charge < -0.3 is 42.8 Å². The van der Waals surface area contributed by atoms with Gasteiger partial charge in [0.05, 0.1) is 67.2 Å². The van der Waals surface area contributed by atoms with Crippen LogP contribution in [0.4, 0.5) is 11.4 Å². The van der Waals surface area contributed by atoms with E-state index in [1.165, 1.54) is 0 Å². The Morgan fingerprint density at radius 2 is 2.03 bits per heavy atom. The standard InChI is InChI=1S/C23H37N9O4/c1-31(9-15-18(33)19(34)22(36-15)32-11-28-17(20(25)26)21(32)27)35-7-4-16-29-13-3-2-12(8-14(13)30-16)23(10-24)5-6-23/h2-3,8,15-22,28-30,33-34H,4-7,9,11,25-27H2,1H3/t15-,16?,17?,18-,19-,21?,22-/m1/s1. The molecule has 13 heteroatoms. The predicted octanol–water partition coefficient (Wildman–Crippen LogP) is -2.13. The Bertz CT molecular complexity index is 987. The minimum atomic E-state index is -1.13. The summed E-state index contributed by atoms with van der Waals surface area (Å²) in [6.45, 7) is 1.03. The molecule has 0 aromatic heterocycles. The van der Waals surface area contributed by atoms with Gasteiger partial charge in [-0.15, -0.1) is 0 Å². The molecule has 0 radical (unpaired) electrons. The maximum atomic E-state index is 10.6. The van der Waals surface area contributed by atoms with Crippen molar-refractivity contribution in [1.29, 1.82) is 5.26 Å². The van der Waals surface area contributed by atoms with Crippen LogP contribution in [0.15, 0.2) is 18.2 Å². The van der Waals surface area contributed by atoms with Crippen molar-refractivity contribution in [3.05, 3.63) is 23.8 Å². The molecule has 2 saturated heterocycles. The molecule has 3 fully saturated rings. The zero-order valence-electron chi connectivity index (χ0n) is 20.4. The molecule has 0 amide bonds. The summed E-state index contributed by atoms with van der Waals surface area (Å²) >= 11 is 0. The maximum absolute atomic E-state index is 10.6. The van der Waals surface area contributed by atoms with Crippen molar-refractivity contribution >= 4 is 11.4 Å². The van der Waals surface area contributed by atoms with Crippen LogP contribution in [0.2, 0.25) is 0 Å². The zero-order valence-corrected chi connectivity index (χ0v) is 20.4. The number of anilines is 2. The molecule has 7 atom stereocenters. The minimum absolute atomic E-state index is 0.00595. The second-order valence-corrected chi connectivity index (χ2v) is 10.2. The molecule has 0 spiro atoms. The number of nitrogens with zero attached hydrogens (tertiary/aromatic N) is 3. The number of benzene rings is 1. The number of aliphatic hydroxyl groups excluding tert-OH is 2. The number of nitrogens with one attached hydrogen (secondary N) is 3. The Balaban J connectivity index is 1.07. The van der Waals surface area contributed by atoms with Gasteiger partial charge in [-0.3, -0.25) is 10.2 Å². The van der Waals surface area contributed by atoms with Crippen LogP contribution in [0.3, 0.4) is 0 Å². The van der Waals surface area contributed by atoms with E-state index < -0.39 is 36.9 Å². The molecule has 13 nitrogen and oxygen atoms in total. The summed E-state index contributed by atoms with van der Waals surface area (Å²) in [5, 5.41) is 42.2. The van der Waals surface area contributed by atoms with Crippen molar-refractivity contribution in [2.45, 2.75) is 73.8 Å². The van der Waals surface area contributed by atoms with Gasteiger partial charge in [0.25, 0.3) is 0 Å². The average Bonchev–Trinajstić information content (AvgIpc) is 3.29. The number of likely N-dealkylation sites (N-methyl/N-ethyl adjacent to an activating group) is 1. The first kappa shape index (κ1) is 25.6. The SMILES string of the molecule is CN(C[C@H]1O[C@@H](N2CNC(C(N)N)C2N)[C@H](O)[C@@H]1O)OCCC1Nc2ccc(C3(C#N)CC3)cc2N1. The number of nitrogens with two attached hydrogens (primary N) is 3. The lowest BCUT2D eigenvalue weighted by Crippen LogP contribution is -2.59. The van der Waals surface area contributed by atoms with Gasteiger partial charge in [0.15, 0.2) is 0 Å². The quantitative estimate of drug-likeness (QED) is 0.134. The number of hydrogen-bond donors (Lipinski definition) is 8. The number of ether oxygens (including phenoxy) is 1. The Morgan fingerprint density at radius 3 is 2.69 bits per heavy atom. The van der Waals surface area contributed by atoms with Gasteiger partial charge in [0.1, 0.15) is 24.5 Å². The van der Waals surface area contributed by atoms with Crippen molar-refractivity contribution in [3.8, 4) is 6.07 Å². The van der Waals surface area contributed by atoms with Gasteiger partial charge in [-0.05, 0) is 30.5 Å². The molecule has 3 unspecified atom stereocenters. The van der Waals surface area contributed by atoms with Gasteiger partial charge in [-0.1, -0.05) is 6.07 Å². The highest BCUT2D eigenvalue weighted by Gasteiger charge is 2.50. The molecule has 36 heavy (non-hydrogen) atoms. The topological polar surface area (TPSA) is 203 Å². The monoisotopic (exact) mass is 503 g/mol. The molecule has 11 N–H and O–H groups in total. The van der Waals surface area contributed by atoms with Gasteiger partial charge in [0.2, 0.25) is 0 Å². The van der Waals surface area contributed by atoms with Crippen LogP contribution in [0.25, 0.3) is 0 Å². The number of hydrogen-bond acceptors (Lipinski definition) is 13. The Labute approximate surface area is 210 Å². The first-order chi connectivity index (χ1) is 17.2. The summed E-state index contributed by atoms with van der Waals surface area (Å²) in [6.07, 6.45) is -2.34. The summed E-state index contributed by atoms with van der Waals surface area (Å²) in [7, 11) is 1.76. The summed E-state index contributed by atoms with van der Waals surface area (Å²) in [5.74, 6) is 0. The van der Waals surface area contributed by atoms with E-state index >= 15 is 0 Å². The van der Waals surface area contributed by atoms with Gasteiger partial charge in [-0.25, -0.2) is 4.90 Å². The second-order valence-electron chi connectivity index (χ2n) is 10.2. The molecule has 198 valence electrons. The number of hydroxylamine groups is 2. The third kappa shape index (κ3) is 4.77. The first-order valence-electron chi connectivity index (χ1n) is 12.4. The second kappa shape index (κ2) is 9.99. The zero-order chi connectivity index (χ0) is 25.6. The molecule has 0 bridgehead atoms. The fourth-order valence-corrected chi connectivity index (χ4v) is 5.29. The highest BCUT2D eigenvalue weighted by Crippen LogP contribution is 2.49. The summed E-state index contributed by atoms with van der Waals surface area (Å²) in [6, 6.07) is 8.21. The van der Waals surface area contributed by atoms with Crippen molar-refractivity contribution in [1.82, 2.24) is 15.3 Å². The van der Waals surface area contributed by atoms with E-state index in [1.807, 2.05) is 12.1 Å². The summed E-state index contributed by atoms with van der Waals surface area (Å²) in [4.78, 5) is 7.55. The van der Waals surface area contributed by atoms with Gasteiger partial charge in [-0.2, -0.15) is 10.3 Å². The van der Waals surface area contributed by atoms with E-state index in [2.05, 4.69) is 28.1 Å². The highest BCUT2D eigenvalue weighted by atomic mass is 16.7. The van der Waals surface area contributed by atoms with E-state index in [0.29, 0.717) is 19.7 Å². The van der Waals surface area contributed by atoms with Gasteiger partial charge >= 0.3 is 0 Å². The minimum Gasteiger partial charge on any atom is -0.387 e. The normalized spacial score (nSPS) is 35.0. The lowest BCUT2D eigenvalue weighted by molar-refractivity contribution is -0.173. The van der Waals surface area contributed by atoms with E-state index in [9.17, 15) is 15.5 Å². The molecular formula is C23H37N9O4. The van der Waals surface area contributed by atoms with Crippen LogP contribution < -0.4 is 33.2 Å². The molecule has 1 saturated carbocycles. The molecule has 1 aliphatic carbocycles. The molecular weight excluding hydrogens is 466 g/mol. The van der Waals surface area contributed by atoms with Crippen molar-refractivity contribution < 1.29 is 19.8 Å². The smallest absolute Gasteiger partial charge is 0.142 e. The molecule has 1 aromatic rings. The maximum Gasteiger partial charge on any atom is 0.142 e. The van der Waals surface area contributed by atoms with E-state index in [0.717, 1.165) is 29.8 Å².